The Labute approximate surface area is 123 Å². The van der Waals surface area contributed by atoms with Gasteiger partial charge < -0.3 is 15.4 Å². The summed E-state index contributed by atoms with van der Waals surface area (Å²) in [4.78, 5) is 14.2. The van der Waals surface area contributed by atoms with Crippen molar-refractivity contribution in [2.45, 2.75) is 45.7 Å². The highest BCUT2D eigenvalue weighted by Gasteiger charge is 2.21. The first-order valence-corrected chi connectivity index (χ1v) is 7.75. The van der Waals surface area contributed by atoms with E-state index in [-0.39, 0.29) is 11.9 Å². The maximum Gasteiger partial charge on any atom is 0.234 e. The lowest BCUT2D eigenvalue weighted by molar-refractivity contribution is -0.123. The zero-order valence-electron chi connectivity index (χ0n) is 13.4. The van der Waals surface area contributed by atoms with Gasteiger partial charge in [0.25, 0.3) is 0 Å². The minimum absolute atomic E-state index is 0.0793. The average Bonchev–Trinajstić information content (AvgIpc) is 2.36. The number of hydrogen-bond donors (Lipinski definition) is 2. The minimum atomic E-state index is 0.0793. The molecule has 0 saturated carbocycles. The molecule has 1 aliphatic heterocycles. The van der Waals surface area contributed by atoms with Crippen molar-refractivity contribution in [2.75, 3.05) is 39.9 Å². The van der Waals surface area contributed by atoms with E-state index >= 15 is 0 Å². The first-order chi connectivity index (χ1) is 9.51. The number of likely N-dealkylation sites (tertiary alicyclic amines) is 1. The van der Waals surface area contributed by atoms with E-state index in [0.717, 1.165) is 19.6 Å². The Bertz CT molecular complexity index is 284. The molecule has 20 heavy (non-hydrogen) atoms. The van der Waals surface area contributed by atoms with Gasteiger partial charge >= 0.3 is 0 Å². The number of nitrogens with one attached hydrogen (secondary N) is 2. The number of methoxy groups -OCH3 is 1. The van der Waals surface area contributed by atoms with Crippen molar-refractivity contribution in [3.05, 3.63) is 0 Å². The van der Waals surface area contributed by atoms with Gasteiger partial charge in [-0.2, -0.15) is 0 Å². The number of carbonyl (C=O) groups excluding carboxylic acids is 1. The van der Waals surface area contributed by atoms with E-state index in [4.69, 9.17) is 4.74 Å². The van der Waals surface area contributed by atoms with Crippen LogP contribution < -0.4 is 10.6 Å². The van der Waals surface area contributed by atoms with Crippen LogP contribution in [0.1, 0.15) is 33.6 Å². The fourth-order valence-electron chi connectivity index (χ4n) is 2.68. The standard InChI is InChI=1S/C15H31N3O2/c1-12(2)16-8-14-6-5-7-18(9-14)10-15(19)17-13(3)11-20-4/h12-14,16H,5-11H2,1-4H3,(H,17,19). The van der Waals surface area contributed by atoms with Gasteiger partial charge in [0, 0.05) is 25.7 Å². The summed E-state index contributed by atoms with van der Waals surface area (Å²) in [5.74, 6) is 0.766. The summed E-state index contributed by atoms with van der Waals surface area (Å²) in [6, 6.07) is 0.610. The predicted molar refractivity (Wildman–Crippen MR) is 81.8 cm³/mol. The molecule has 1 heterocycles. The highest BCUT2D eigenvalue weighted by molar-refractivity contribution is 5.78. The number of amides is 1. The average molecular weight is 285 g/mol. The summed E-state index contributed by atoms with van der Waals surface area (Å²) in [5.41, 5.74) is 0. The van der Waals surface area contributed by atoms with Crippen LogP contribution in [0, 0.1) is 5.92 Å². The van der Waals surface area contributed by atoms with Crippen LogP contribution in [0.5, 0.6) is 0 Å². The number of hydrogen-bond acceptors (Lipinski definition) is 4. The van der Waals surface area contributed by atoms with Gasteiger partial charge in [0.2, 0.25) is 5.91 Å². The van der Waals surface area contributed by atoms with Crippen LogP contribution in [0.25, 0.3) is 0 Å². The Balaban J connectivity index is 2.27. The van der Waals surface area contributed by atoms with Crippen LogP contribution in [-0.4, -0.2) is 62.8 Å². The summed E-state index contributed by atoms with van der Waals surface area (Å²) in [5, 5.41) is 6.47. The Hall–Kier alpha value is -0.650. The van der Waals surface area contributed by atoms with Crippen LogP contribution in [0.4, 0.5) is 0 Å². The highest BCUT2D eigenvalue weighted by atomic mass is 16.5. The summed E-state index contributed by atoms with van der Waals surface area (Å²) >= 11 is 0. The number of rotatable bonds is 8. The summed E-state index contributed by atoms with van der Waals surface area (Å²) in [7, 11) is 1.65. The number of ether oxygens (including phenoxy) is 1. The third-order valence-electron chi connectivity index (χ3n) is 3.61. The normalized spacial score (nSPS) is 21.9. The van der Waals surface area contributed by atoms with E-state index in [2.05, 4.69) is 29.4 Å². The second kappa shape index (κ2) is 9.32. The second-order valence-corrected chi connectivity index (χ2v) is 6.23. The van der Waals surface area contributed by atoms with Crippen molar-refractivity contribution in [1.82, 2.24) is 15.5 Å². The first kappa shape index (κ1) is 17.4. The van der Waals surface area contributed by atoms with Gasteiger partial charge in [-0.15, -0.1) is 0 Å². The van der Waals surface area contributed by atoms with E-state index in [1.54, 1.807) is 7.11 Å². The number of nitrogens with zero attached hydrogens (tertiary/aromatic N) is 1. The molecule has 2 unspecified atom stereocenters. The molecule has 0 aromatic heterocycles. The molecule has 1 aliphatic rings. The van der Waals surface area contributed by atoms with E-state index in [0.29, 0.717) is 25.1 Å². The minimum Gasteiger partial charge on any atom is -0.383 e. The second-order valence-electron chi connectivity index (χ2n) is 6.23. The molecule has 1 fully saturated rings. The van der Waals surface area contributed by atoms with Gasteiger partial charge in [-0.25, -0.2) is 0 Å². The number of carbonyl (C=O) groups is 1. The largest absolute Gasteiger partial charge is 0.383 e. The van der Waals surface area contributed by atoms with Crippen molar-refractivity contribution in [1.29, 1.82) is 0 Å². The van der Waals surface area contributed by atoms with E-state index in [9.17, 15) is 4.79 Å². The van der Waals surface area contributed by atoms with Crippen LogP contribution in [-0.2, 0) is 9.53 Å². The fourth-order valence-corrected chi connectivity index (χ4v) is 2.68. The van der Waals surface area contributed by atoms with Gasteiger partial charge in [-0.3, -0.25) is 9.69 Å². The van der Waals surface area contributed by atoms with Gasteiger partial charge in [-0.05, 0) is 38.8 Å². The molecule has 0 aliphatic carbocycles. The zero-order chi connectivity index (χ0) is 15.0. The Morgan fingerprint density at radius 3 is 2.80 bits per heavy atom. The summed E-state index contributed by atoms with van der Waals surface area (Å²) in [6.45, 7) is 10.5. The SMILES string of the molecule is COCC(C)NC(=O)CN1CCCC(CNC(C)C)C1. The quantitative estimate of drug-likeness (QED) is 0.694. The van der Waals surface area contributed by atoms with Crippen molar-refractivity contribution in [2.24, 2.45) is 5.92 Å². The van der Waals surface area contributed by atoms with Gasteiger partial charge in [0.15, 0.2) is 0 Å². The lowest BCUT2D eigenvalue weighted by atomic mass is 9.97. The third-order valence-corrected chi connectivity index (χ3v) is 3.61. The molecular formula is C15H31N3O2. The number of piperidine rings is 1. The molecule has 0 radical (unpaired) electrons. The highest BCUT2D eigenvalue weighted by Crippen LogP contribution is 2.15. The van der Waals surface area contributed by atoms with Gasteiger partial charge in [-0.1, -0.05) is 13.8 Å². The van der Waals surface area contributed by atoms with Crippen LogP contribution in [0.15, 0.2) is 0 Å². The monoisotopic (exact) mass is 285 g/mol. The van der Waals surface area contributed by atoms with Crippen LogP contribution >= 0.6 is 0 Å². The van der Waals surface area contributed by atoms with E-state index in [1.165, 1.54) is 12.8 Å². The van der Waals surface area contributed by atoms with E-state index < -0.39 is 0 Å². The maximum atomic E-state index is 11.9. The molecule has 1 amide bonds. The molecule has 2 atom stereocenters. The van der Waals surface area contributed by atoms with Crippen LogP contribution in [0.2, 0.25) is 0 Å². The third kappa shape index (κ3) is 7.22. The van der Waals surface area contributed by atoms with Gasteiger partial charge in [0.05, 0.1) is 13.2 Å². The molecule has 0 aromatic rings. The smallest absolute Gasteiger partial charge is 0.234 e. The molecule has 5 heteroatoms. The topological polar surface area (TPSA) is 53.6 Å². The first-order valence-electron chi connectivity index (χ1n) is 7.75. The molecule has 0 aromatic carbocycles. The Morgan fingerprint density at radius 2 is 2.15 bits per heavy atom. The molecule has 5 nitrogen and oxygen atoms in total. The zero-order valence-corrected chi connectivity index (χ0v) is 13.4. The molecule has 1 rings (SSSR count). The molecule has 118 valence electrons. The molecule has 2 N–H and O–H groups in total. The fraction of sp³-hybridized carbons (Fsp3) is 0.933. The van der Waals surface area contributed by atoms with Crippen molar-refractivity contribution in [3.63, 3.8) is 0 Å². The maximum absolute atomic E-state index is 11.9. The van der Waals surface area contributed by atoms with Crippen molar-refractivity contribution in [3.8, 4) is 0 Å². The molecule has 0 spiro atoms. The lowest BCUT2D eigenvalue weighted by Crippen LogP contribution is -2.47. The summed E-state index contributed by atoms with van der Waals surface area (Å²) in [6.07, 6.45) is 2.45. The molecular weight excluding hydrogens is 254 g/mol. The Kier molecular flexibility index (Phi) is 8.11. The van der Waals surface area contributed by atoms with Crippen molar-refractivity contribution < 1.29 is 9.53 Å². The molecule has 0 bridgehead atoms. The predicted octanol–water partition coefficient (Wildman–Crippen LogP) is 0.848. The van der Waals surface area contributed by atoms with E-state index in [1.807, 2.05) is 6.92 Å². The Morgan fingerprint density at radius 1 is 1.40 bits per heavy atom. The van der Waals surface area contributed by atoms with Crippen LogP contribution in [0.3, 0.4) is 0 Å². The molecule has 1 saturated heterocycles. The van der Waals surface area contributed by atoms with Crippen molar-refractivity contribution >= 4 is 5.91 Å². The lowest BCUT2D eigenvalue weighted by Gasteiger charge is -2.33. The van der Waals surface area contributed by atoms with Gasteiger partial charge in [0.1, 0.15) is 0 Å². The summed E-state index contributed by atoms with van der Waals surface area (Å²) < 4.78 is 5.03.